The Morgan fingerprint density at radius 1 is 1.00 bits per heavy atom. The van der Waals surface area contributed by atoms with Crippen LogP contribution in [-0.2, 0) is 16.1 Å². The number of para-hydroxylation sites is 1. The molecule has 3 aromatic heterocycles. The second-order valence-electron chi connectivity index (χ2n) is 11.4. The number of imide groups is 1. The molecule has 1 unspecified atom stereocenters. The molecule has 2 aliphatic heterocycles. The Balaban J connectivity index is 1.05. The molecular formula is C32H31FN10O3. The van der Waals surface area contributed by atoms with Crippen LogP contribution in [0.25, 0.3) is 22.3 Å². The van der Waals surface area contributed by atoms with Crippen LogP contribution in [0.15, 0.2) is 67.1 Å². The van der Waals surface area contributed by atoms with Crippen molar-refractivity contribution in [2.75, 3.05) is 24.1 Å². The lowest BCUT2D eigenvalue weighted by Gasteiger charge is -2.32. The molecule has 2 aromatic carbocycles. The second-order valence-corrected chi connectivity index (χ2v) is 11.4. The van der Waals surface area contributed by atoms with E-state index in [0.29, 0.717) is 41.4 Å². The smallest absolute Gasteiger partial charge is 0.249 e. The number of fused-ring (bicyclic) bond motifs is 1. The van der Waals surface area contributed by atoms with Gasteiger partial charge in [0, 0.05) is 31.6 Å². The van der Waals surface area contributed by atoms with Crippen molar-refractivity contribution in [2.24, 2.45) is 0 Å². The van der Waals surface area contributed by atoms with E-state index in [1.54, 1.807) is 0 Å². The largest absolute Gasteiger partial charge is 0.457 e. The van der Waals surface area contributed by atoms with Crippen molar-refractivity contribution in [3.05, 3.63) is 78.6 Å². The zero-order chi connectivity index (χ0) is 31.6. The average Bonchev–Trinajstić information content (AvgIpc) is 3.46. The predicted octanol–water partition coefficient (Wildman–Crippen LogP) is 3.85. The fourth-order valence-electron chi connectivity index (χ4n) is 5.92. The highest BCUT2D eigenvalue weighted by Gasteiger charge is 2.29. The number of anilines is 2. The number of piperidine rings is 2. The zero-order valence-electron chi connectivity index (χ0n) is 24.8. The molecular weight excluding hydrogens is 591 g/mol. The van der Waals surface area contributed by atoms with Crippen LogP contribution < -0.4 is 21.1 Å². The Bertz CT molecular complexity index is 1890. The maximum Gasteiger partial charge on any atom is 0.249 e. The number of amides is 2. The van der Waals surface area contributed by atoms with Crippen LogP contribution in [0.1, 0.15) is 37.4 Å². The van der Waals surface area contributed by atoms with Gasteiger partial charge in [0.25, 0.3) is 0 Å². The minimum atomic E-state index is -0.716. The first-order valence-electron chi connectivity index (χ1n) is 15.1. The summed E-state index contributed by atoms with van der Waals surface area (Å²) in [5.41, 5.74) is 8.84. The highest BCUT2D eigenvalue weighted by Crippen LogP contribution is 2.35. The van der Waals surface area contributed by atoms with Gasteiger partial charge in [-0.2, -0.15) is 15.3 Å². The molecule has 2 fully saturated rings. The van der Waals surface area contributed by atoms with Gasteiger partial charge in [0.15, 0.2) is 11.5 Å². The van der Waals surface area contributed by atoms with Crippen LogP contribution in [0.2, 0.25) is 0 Å². The van der Waals surface area contributed by atoms with Gasteiger partial charge in [-0.05, 0) is 55.7 Å². The minimum absolute atomic E-state index is 0.0407. The number of benzene rings is 2. The van der Waals surface area contributed by atoms with E-state index in [2.05, 4.69) is 35.7 Å². The van der Waals surface area contributed by atoms with Gasteiger partial charge in [0.1, 0.15) is 41.1 Å². The number of ether oxygens (including phenoxy) is 1. The molecule has 46 heavy (non-hydrogen) atoms. The van der Waals surface area contributed by atoms with Crippen LogP contribution in [-0.4, -0.2) is 65.8 Å². The van der Waals surface area contributed by atoms with Crippen LogP contribution >= 0.6 is 0 Å². The third-order valence-electron chi connectivity index (χ3n) is 8.33. The molecule has 2 amide bonds. The normalized spacial score (nSPS) is 17.6. The van der Waals surface area contributed by atoms with Crippen molar-refractivity contribution in [2.45, 2.75) is 44.3 Å². The summed E-state index contributed by atoms with van der Waals surface area (Å²) < 4.78 is 23.3. The van der Waals surface area contributed by atoms with E-state index in [-0.39, 0.29) is 42.7 Å². The molecule has 13 nitrogen and oxygen atoms in total. The quantitative estimate of drug-likeness (QED) is 0.215. The molecule has 0 radical (unpaired) electrons. The van der Waals surface area contributed by atoms with Gasteiger partial charge in [-0.15, -0.1) is 0 Å². The molecule has 0 bridgehead atoms. The Morgan fingerprint density at radius 3 is 2.52 bits per heavy atom. The highest BCUT2D eigenvalue weighted by molar-refractivity contribution is 6.01. The summed E-state index contributed by atoms with van der Waals surface area (Å²) in [6.45, 7) is 1.59. The van der Waals surface area contributed by atoms with Crippen molar-refractivity contribution < 1.29 is 18.7 Å². The van der Waals surface area contributed by atoms with Crippen LogP contribution in [0, 0.1) is 5.82 Å². The number of nitrogens with one attached hydrogen (secondary N) is 2. The first kappa shape index (κ1) is 29.2. The van der Waals surface area contributed by atoms with E-state index in [4.69, 9.17) is 15.6 Å². The monoisotopic (exact) mass is 622 g/mol. The number of likely N-dealkylation sites (tertiary alicyclic amines) is 1. The fourth-order valence-corrected chi connectivity index (χ4v) is 5.92. The van der Waals surface area contributed by atoms with Crippen molar-refractivity contribution >= 4 is 34.4 Å². The first-order valence-corrected chi connectivity index (χ1v) is 15.1. The molecule has 234 valence electrons. The number of rotatable bonds is 8. The Morgan fingerprint density at radius 2 is 1.76 bits per heavy atom. The number of aromatic nitrogens is 6. The number of hydrogen-bond donors (Lipinski definition) is 3. The van der Waals surface area contributed by atoms with E-state index >= 15 is 4.39 Å². The summed E-state index contributed by atoms with van der Waals surface area (Å²) in [7, 11) is 0. The summed E-state index contributed by atoms with van der Waals surface area (Å²) in [6.07, 6.45) is 4.66. The van der Waals surface area contributed by atoms with Crippen LogP contribution in [0.5, 0.6) is 11.5 Å². The van der Waals surface area contributed by atoms with Crippen molar-refractivity contribution in [3.8, 4) is 22.8 Å². The molecule has 0 spiro atoms. The third-order valence-corrected chi connectivity index (χ3v) is 8.33. The molecule has 14 heteroatoms. The number of nitrogen functional groups attached to an aromatic ring is 1. The van der Waals surface area contributed by atoms with Crippen LogP contribution in [0.4, 0.5) is 15.9 Å². The summed E-state index contributed by atoms with van der Waals surface area (Å²) in [4.78, 5) is 34.5. The maximum atomic E-state index is 15.4. The number of nitrogens with two attached hydrogens (primary N) is 1. The van der Waals surface area contributed by atoms with E-state index in [9.17, 15) is 9.59 Å². The molecule has 7 rings (SSSR count). The van der Waals surface area contributed by atoms with Gasteiger partial charge in [0.2, 0.25) is 11.8 Å². The molecule has 0 aliphatic carbocycles. The van der Waals surface area contributed by atoms with Gasteiger partial charge in [0.05, 0.1) is 23.3 Å². The lowest BCUT2D eigenvalue weighted by Crippen LogP contribution is -2.47. The predicted molar refractivity (Wildman–Crippen MR) is 167 cm³/mol. The summed E-state index contributed by atoms with van der Waals surface area (Å²) in [6, 6.07) is 16.6. The minimum Gasteiger partial charge on any atom is -0.457 e. The highest BCUT2D eigenvalue weighted by atomic mass is 19.1. The maximum absolute atomic E-state index is 15.4. The van der Waals surface area contributed by atoms with Gasteiger partial charge >= 0.3 is 0 Å². The molecule has 0 saturated carbocycles. The van der Waals surface area contributed by atoms with E-state index in [1.165, 1.54) is 12.5 Å². The van der Waals surface area contributed by atoms with Gasteiger partial charge < -0.3 is 15.8 Å². The third kappa shape index (κ3) is 5.94. The van der Waals surface area contributed by atoms with Crippen LogP contribution in [0.3, 0.4) is 0 Å². The Kier molecular flexibility index (Phi) is 7.93. The van der Waals surface area contributed by atoms with E-state index < -0.39 is 17.8 Å². The first-order chi connectivity index (χ1) is 22.4. The Labute approximate surface area is 263 Å². The second kappa shape index (κ2) is 12.5. The standard InChI is InChI=1S/C32H31FN10O3/c33-28-24(38-23-10-11-26(44)39-32(23)45)16-37-40-25(28)17-42-14-12-20(13-15-42)43-31-27(30(34)35-18-36-31)29(41-43)19-6-8-22(9-7-19)46-21-4-2-1-3-5-21/h1-9,16,18,20,23H,10-15,17H2,(H,38,40)(H2,34,35,36)(H,39,44,45). The van der Waals surface area contributed by atoms with Crippen molar-refractivity contribution in [3.63, 3.8) is 0 Å². The number of halogens is 1. The van der Waals surface area contributed by atoms with Crippen molar-refractivity contribution in [1.29, 1.82) is 0 Å². The van der Waals surface area contributed by atoms with Gasteiger partial charge in [-0.1, -0.05) is 18.2 Å². The van der Waals surface area contributed by atoms with Gasteiger partial charge in [-0.3, -0.25) is 19.8 Å². The number of hydrogen-bond acceptors (Lipinski definition) is 11. The van der Waals surface area contributed by atoms with E-state index in [0.717, 1.165) is 24.2 Å². The van der Waals surface area contributed by atoms with E-state index in [1.807, 2.05) is 59.3 Å². The molecule has 2 saturated heterocycles. The summed E-state index contributed by atoms with van der Waals surface area (Å²) in [5.74, 6) is 0.435. The number of carbonyl (C=O) groups excluding carboxylic acids is 2. The molecule has 2 aliphatic rings. The Hall–Kier alpha value is -5.50. The number of nitrogens with zero attached hydrogens (tertiary/aromatic N) is 7. The fraction of sp³-hybridized carbons (Fsp3) is 0.281. The summed E-state index contributed by atoms with van der Waals surface area (Å²) >= 11 is 0. The molecule has 5 heterocycles. The SMILES string of the molecule is Nc1ncnc2c1c(-c1ccc(Oc3ccccc3)cc1)nn2C1CCN(Cc2nncc(NC3CCC(=O)NC3=O)c2F)CC1. The average molecular weight is 623 g/mol. The lowest BCUT2D eigenvalue weighted by atomic mass is 10.0. The van der Waals surface area contributed by atoms with Gasteiger partial charge in [-0.25, -0.2) is 19.0 Å². The topological polar surface area (TPSA) is 166 Å². The number of carbonyl (C=O) groups is 2. The molecule has 4 N–H and O–H groups in total. The molecule has 1 atom stereocenters. The lowest BCUT2D eigenvalue weighted by molar-refractivity contribution is -0.133. The van der Waals surface area contributed by atoms with Crippen molar-refractivity contribution in [1.82, 2.24) is 40.2 Å². The summed E-state index contributed by atoms with van der Waals surface area (Å²) in [5, 5.41) is 18.8. The molecule has 5 aromatic rings. The zero-order valence-corrected chi connectivity index (χ0v) is 24.8.